The molecule has 2 fully saturated rings. The maximum absolute atomic E-state index is 12.7. The Labute approximate surface area is 126 Å². The van der Waals surface area contributed by atoms with Crippen molar-refractivity contribution in [3.8, 4) is 0 Å². The zero-order valence-corrected chi connectivity index (χ0v) is 13.4. The fourth-order valence-electron chi connectivity index (χ4n) is 2.50. The van der Waals surface area contributed by atoms with Crippen LogP contribution in [0.25, 0.3) is 0 Å². The van der Waals surface area contributed by atoms with Gasteiger partial charge in [0.1, 0.15) is 0 Å². The number of hydrogen-bond acceptors (Lipinski definition) is 3. The fourth-order valence-corrected chi connectivity index (χ4v) is 3.99. The van der Waals surface area contributed by atoms with Crippen LogP contribution in [0.1, 0.15) is 34.5 Å². The summed E-state index contributed by atoms with van der Waals surface area (Å²) in [5.74, 6) is 0.724. The summed E-state index contributed by atoms with van der Waals surface area (Å²) in [7, 11) is 0. The summed E-state index contributed by atoms with van der Waals surface area (Å²) in [6, 6.07) is 2.46. The van der Waals surface area contributed by atoms with E-state index in [9.17, 15) is 4.79 Å². The second kappa shape index (κ2) is 5.54. The van der Waals surface area contributed by atoms with Gasteiger partial charge in [0, 0.05) is 25.1 Å². The van der Waals surface area contributed by atoms with Gasteiger partial charge in [-0.15, -0.1) is 11.3 Å². The molecule has 0 bridgehead atoms. The lowest BCUT2D eigenvalue weighted by molar-refractivity contribution is 0.0711. The molecule has 0 spiro atoms. The molecule has 1 aliphatic heterocycles. The number of rotatable bonds is 4. The second-order valence-corrected chi connectivity index (χ2v) is 7.86. The molecule has 19 heavy (non-hydrogen) atoms. The Morgan fingerprint density at radius 1 is 1.53 bits per heavy atom. The third-order valence-corrected chi connectivity index (χ3v) is 5.92. The zero-order valence-electron chi connectivity index (χ0n) is 11.0. The van der Waals surface area contributed by atoms with Gasteiger partial charge in [0.15, 0.2) is 0 Å². The van der Waals surface area contributed by atoms with Crippen LogP contribution in [0.2, 0.25) is 0 Å². The molecular formula is C14H18BrNO2S. The maximum atomic E-state index is 12.7. The molecule has 0 radical (unpaired) electrons. The van der Waals surface area contributed by atoms with Crippen LogP contribution in [0.15, 0.2) is 9.85 Å². The van der Waals surface area contributed by atoms with Crippen LogP contribution < -0.4 is 0 Å². The number of halogens is 1. The van der Waals surface area contributed by atoms with Gasteiger partial charge in [-0.1, -0.05) is 0 Å². The lowest BCUT2D eigenvalue weighted by atomic mass is 10.1. The van der Waals surface area contributed by atoms with E-state index in [4.69, 9.17) is 4.74 Å². The minimum atomic E-state index is 0.202. The number of amides is 1. The quantitative estimate of drug-likeness (QED) is 0.837. The summed E-state index contributed by atoms with van der Waals surface area (Å²) < 4.78 is 6.49. The van der Waals surface area contributed by atoms with Crippen LogP contribution >= 0.6 is 27.3 Å². The first-order chi connectivity index (χ1) is 9.15. The summed E-state index contributed by atoms with van der Waals surface area (Å²) in [5, 5.41) is 0. The van der Waals surface area contributed by atoms with Gasteiger partial charge in [-0.05, 0) is 53.7 Å². The van der Waals surface area contributed by atoms with E-state index in [1.807, 2.05) is 13.0 Å². The fraction of sp³-hybridized carbons (Fsp3) is 0.643. The lowest BCUT2D eigenvalue weighted by Gasteiger charge is -2.24. The Balaban J connectivity index is 1.73. The van der Waals surface area contributed by atoms with Crippen molar-refractivity contribution in [2.24, 2.45) is 5.92 Å². The molecule has 1 atom stereocenters. The van der Waals surface area contributed by atoms with Crippen molar-refractivity contribution in [1.29, 1.82) is 0 Å². The van der Waals surface area contributed by atoms with Gasteiger partial charge >= 0.3 is 0 Å². The molecule has 1 saturated carbocycles. The highest BCUT2D eigenvalue weighted by Gasteiger charge is 2.35. The average molecular weight is 344 g/mol. The molecule has 3 nitrogen and oxygen atoms in total. The van der Waals surface area contributed by atoms with Crippen molar-refractivity contribution in [2.75, 3.05) is 19.8 Å². The first kappa shape index (κ1) is 13.6. The normalized spacial score (nSPS) is 22.7. The predicted octanol–water partition coefficient (Wildman–Crippen LogP) is 3.46. The van der Waals surface area contributed by atoms with Gasteiger partial charge < -0.3 is 9.64 Å². The molecule has 104 valence electrons. The molecule has 1 aromatic heterocycles. The van der Waals surface area contributed by atoms with Crippen molar-refractivity contribution < 1.29 is 9.53 Å². The molecule has 1 unspecified atom stereocenters. The van der Waals surface area contributed by atoms with Gasteiger partial charge in [0.2, 0.25) is 0 Å². The van der Waals surface area contributed by atoms with Crippen molar-refractivity contribution in [2.45, 2.75) is 32.2 Å². The number of nitrogens with zero attached hydrogens (tertiary/aromatic N) is 1. The van der Waals surface area contributed by atoms with Gasteiger partial charge in [0.25, 0.3) is 5.91 Å². The van der Waals surface area contributed by atoms with E-state index in [1.54, 1.807) is 11.3 Å². The van der Waals surface area contributed by atoms with E-state index in [-0.39, 0.29) is 5.91 Å². The molecule has 0 N–H and O–H groups in total. The van der Waals surface area contributed by atoms with E-state index in [1.165, 1.54) is 0 Å². The molecule has 1 saturated heterocycles. The number of aryl methyl sites for hydroxylation is 1. The van der Waals surface area contributed by atoms with Gasteiger partial charge in [0.05, 0.1) is 15.3 Å². The summed E-state index contributed by atoms with van der Waals surface area (Å²) in [5.41, 5.74) is 1.15. The first-order valence-electron chi connectivity index (χ1n) is 6.80. The highest BCUT2D eigenvalue weighted by molar-refractivity contribution is 9.11. The van der Waals surface area contributed by atoms with E-state index >= 15 is 0 Å². The molecule has 1 amide bonds. The monoisotopic (exact) mass is 343 g/mol. The maximum Gasteiger partial charge on any atom is 0.264 e. The van der Waals surface area contributed by atoms with E-state index in [2.05, 4.69) is 20.8 Å². The highest BCUT2D eigenvalue weighted by atomic mass is 79.9. The van der Waals surface area contributed by atoms with Crippen LogP contribution in [0.4, 0.5) is 0 Å². The van der Waals surface area contributed by atoms with Crippen molar-refractivity contribution >= 4 is 33.2 Å². The van der Waals surface area contributed by atoms with E-state index in [0.717, 1.165) is 53.2 Å². The van der Waals surface area contributed by atoms with Gasteiger partial charge in [-0.25, -0.2) is 0 Å². The molecule has 5 heteroatoms. The Morgan fingerprint density at radius 3 is 2.84 bits per heavy atom. The molecule has 0 aromatic carbocycles. The number of hydrogen-bond donors (Lipinski definition) is 0. The van der Waals surface area contributed by atoms with Gasteiger partial charge in [-0.3, -0.25) is 4.79 Å². The summed E-state index contributed by atoms with van der Waals surface area (Å²) in [6.45, 7) is 4.55. The summed E-state index contributed by atoms with van der Waals surface area (Å²) >= 11 is 5.05. The van der Waals surface area contributed by atoms with Crippen molar-refractivity contribution in [3.63, 3.8) is 0 Å². The zero-order chi connectivity index (χ0) is 13.4. The predicted molar refractivity (Wildman–Crippen MR) is 79.7 cm³/mol. The Bertz CT molecular complexity index is 458. The van der Waals surface area contributed by atoms with Gasteiger partial charge in [-0.2, -0.15) is 0 Å². The summed E-state index contributed by atoms with van der Waals surface area (Å²) in [6.07, 6.45) is 3.40. The van der Waals surface area contributed by atoms with Crippen LogP contribution in [0, 0.1) is 12.8 Å². The Kier molecular flexibility index (Phi) is 3.96. The minimum absolute atomic E-state index is 0.202. The van der Waals surface area contributed by atoms with Crippen LogP contribution in [-0.2, 0) is 4.74 Å². The SMILES string of the molecule is Cc1cc(C(=O)N(CC2CCOC2)C2CC2)sc1Br. The van der Waals surface area contributed by atoms with E-state index < -0.39 is 0 Å². The number of carbonyl (C=O) groups is 1. The topological polar surface area (TPSA) is 29.5 Å². The van der Waals surface area contributed by atoms with Crippen LogP contribution in [-0.4, -0.2) is 36.6 Å². The molecule has 2 aliphatic rings. The van der Waals surface area contributed by atoms with Crippen molar-refractivity contribution in [3.05, 3.63) is 20.3 Å². The second-order valence-electron chi connectivity index (χ2n) is 5.49. The molecular weight excluding hydrogens is 326 g/mol. The number of thiophene rings is 1. The molecule has 1 aliphatic carbocycles. The smallest absolute Gasteiger partial charge is 0.264 e. The Morgan fingerprint density at radius 2 is 2.32 bits per heavy atom. The molecule has 2 heterocycles. The first-order valence-corrected chi connectivity index (χ1v) is 8.40. The highest BCUT2D eigenvalue weighted by Crippen LogP contribution is 2.33. The third-order valence-electron chi connectivity index (χ3n) is 3.80. The number of ether oxygens (including phenoxy) is 1. The van der Waals surface area contributed by atoms with E-state index in [0.29, 0.717) is 12.0 Å². The van der Waals surface area contributed by atoms with Crippen LogP contribution in [0.3, 0.4) is 0 Å². The average Bonchev–Trinajstić information content (AvgIpc) is 3.00. The lowest BCUT2D eigenvalue weighted by Crippen LogP contribution is -2.37. The van der Waals surface area contributed by atoms with Crippen LogP contribution in [0.5, 0.6) is 0 Å². The molecule has 3 rings (SSSR count). The molecule has 1 aromatic rings. The van der Waals surface area contributed by atoms with Crippen molar-refractivity contribution in [1.82, 2.24) is 4.90 Å². The standard InChI is InChI=1S/C14H18BrNO2S/c1-9-6-12(19-13(9)15)14(17)16(11-2-3-11)7-10-4-5-18-8-10/h6,10-11H,2-5,7-8H2,1H3. The number of carbonyl (C=O) groups excluding carboxylic acids is 1. The summed E-state index contributed by atoms with van der Waals surface area (Å²) in [4.78, 5) is 15.6. The third kappa shape index (κ3) is 3.03. The largest absolute Gasteiger partial charge is 0.381 e. The minimum Gasteiger partial charge on any atom is -0.381 e. The Hall–Kier alpha value is -0.390.